The Labute approximate surface area is 115 Å². The largest absolute Gasteiger partial charge is 0.389 e. The van der Waals surface area contributed by atoms with E-state index in [1.807, 2.05) is 24.3 Å². The lowest BCUT2D eigenvalue weighted by atomic mass is 10.1. The summed E-state index contributed by atoms with van der Waals surface area (Å²) in [5.74, 6) is 0. The Kier molecular flexibility index (Phi) is 8.14. The molecule has 1 rings (SSSR count). The summed E-state index contributed by atoms with van der Waals surface area (Å²) in [6, 6.07) is 10.1. The molecule has 1 N–H and O–H groups in total. The van der Waals surface area contributed by atoms with E-state index in [0.717, 1.165) is 12.8 Å². The van der Waals surface area contributed by atoms with Crippen LogP contribution in [0.3, 0.4) is 0 Å². The van der Waals surface area contributed by atoms with Gasteiger partial charge in [-0.15, -0.1) is 0 Å². The molecule has 0 fully saturated rings. The highest BCUT2D eigenvalue weighted by Gasteiger charge is 2.05. The molecule has 19 heavy (non-hydrogen) atoms. The Morgan fingerprint density at radius 1 is 1.26 bits per heavy atom. The van der Waals surface area contributed by atoms with E-state index in [1.165, 1.54) is 5.56 Å². The molecule has 1 aromatic rings. The molecule has 3 heteroatoms. The lowest BCUT2D eigenvalue weighted by Gasteiger charge is -2.13. The van der Waals surface area contributed by atoms with Gasteiger partial charge in [-0.2, -0.15) is 0 Å². The van der Waals surface area contributed by atoms with Crippen molar-refractivity contribution in [2.75, 3.05) is 13.7 Å². The van der Waals surface area contributed by atoms with Crippen LogP contribution in [0, 0.1) is 0 Å². The maximum absolute atomic E-state index is 9.13. The fourth-order valence-corrected chi connectivity index (χ4v) is 1.74. The number of hydrogen-bond donors (Lipinski definition) is 1. The summed E-state index contributed by atoms with van der Waals surface area (Å²) in [4.78, 5) is 0. The van der Waals surface area contributed by atoms with Crippen LogP contribution in [0.1, 0.15) is 25.3 Å². The number of ether oxygens (including phenoxy) is 2. The SMILES string of the molecule is CO[C@@H](C/C=C/[C@H](C)O)CCOCc1ccccc1. The molecule has 0 saturated carbocycles. The first kappa shape index (κ1) is 15.9. The average Bonchev–Trinajstić information content (AvgIpc) is 2.42. The molecule has 0 bridgehead atoms. The van der Waals surface area contributed by atoms with Crippen LogP contribution in [0.2, 0.25) is 0 Å². The Morgan fingerprint density at radius 2 is 2.00 bits per heavy atom. The normalized spacial score (nSPS) is 14.7. The van der Waals surface area contributed by atoms with Crippen molar-refractivity contribution in [1.82, 2.24) is 0 Å². The van der Waals surface area contributed by atoms with Crippen molar-refractivity contribution >= 4 is 0 Å². The molecule has 1 aromatic carbocycles. The van der Waals surface area contributed by atoms with E-state index in [9.17, 15) is 0 Å². The number of benzene rings is 1. The van der Waals surface area contributed by atoms with Gasteiger partial charge in [-0.05, 0) is 25.3 Å². The van der Waals surface area contributed by atoms with Crippen LogP contribution in [0.5, 0.6) is 0 Å². The van der Waals surface area contributed by atoms with Crippen molar-refractivity contribution in [1.29, 1.82) is 0 Å². The van der Waals surface area contributed by atoms with Crippen molar-refractivity contribution in [2.24, 2.45) is 0 Å². The van der Waals surface area contributed by atoms with Gasteiger partial charge in [0, 0.05) is 13.7 Å². The van der Waals surface area contributed by atoms with Gasteiger partial charge in [-0.1, -0.05) is 42.5 Å². The molecule has 0 spiro atoms. The van der Waals surface area contributed by atoms with E-state index < -0.39 is 6.10 Å². The number of methoxy groups -OCH3 is 1. The average molecular weight is 264 g/mol. The minimum absolute atomic E-state index is 0.144. The minimum Gasteiger partial charge on any atom is -0.389 e. The van der Waals surface area contributed by atoms with Crippen LogP contribution in [0.4, 0.5) is 0 Å². The second-order valence-electron chi connectivity index (χ2n) is 4.59. The lowest BCUT2D eigenvalue weighted by Crippen LogP contribution is -2.13. The van der Waals surface area contributed by atoms with Crippen LogP contribution in [-0.2, 0) is 16.1 Å². The summed E-state index contributed by atoms with van der Waals surface area (Å²) in [6.07, 6.45) is 5.13. The predicted molar refractivity (Wildman–Crippen MR) is 76.9 cm³/mol. The van der Waals surface area contributed by atoms with Crippen molar-refractivity contribution in [3.05, 3.63) is 48.0 Å². The molecule has 106 valence electrons. The molecular weight excluding hydrogens is 240 g/mol. The van der Waals surface area contributed by atoms with E-state index in [4.69, 9.17) is 14.6 Å². The van der Waals surface area contributed by atoms with Crippen LogP contribution in [0.15, 0.2) is 42.5 Å². The third-order valence-corrected chi connectivity index (χ3v) is 2.84. The van der Waals surface area contributed by atoms with Gasteiger partial charge < -0.3 is 14.6 Å². The van der Waals surface area contributed by atoms with Gasteiger partial charge in [0.05, 0.1) is 18.8 Å². The molecule has 0 aliphatic heterocycles. The minimum atomic E-state index is -0.396. The summed E-state index contributed by atoms with van der Waals surface area (Å²) in [6.45, 7) is 3.05. The molecule has 3 nitrogen and oxygen atoms in total. The van der Waals surface area contributed by atoms with Gasteiger partial charge in [0.1, 0.15) is 0 Å². The number of aliphatic hydroxyl groups is 1. The molecule has 0 saturated heterocycles. The highest BCUT2D eigenvalue weighted by molar-refractivity contribution is 5.13. The van der Waals surface area contributed by atoms with E-state index in [1.54, 1.807) is 20.1 Å². The smallest absolute Gasteiger partial charge is 0.0716 e. The van der Waals surface area contributed by atoms with Crippen molar-refractivity contribution in [3.8, 4) is 0 Å². The van der Waals surface area contributed by atoms with Crippen molar-refractivity contribution in [2.45, 2.75) is 38.6 Å². The second kappa shape index (κ2) is 9.73. The Hall–Kier alpha value is -1.16. The predicted octanol–water partition coefficient (Wildman–Crippen LogP) is 2.94. The van der Waals surface area contributed by atoms with Gasteiger partial charge in [-0.3, -0.25) is 0 Å². The standard InChI is InChI=1S/C16H24O3/c1-14(17)7-6-10-16(18-2)11-12-19-13-15-8-4-3-5-9-15/h3-9,14,16-17H,10-13H2,1-2H3/b7-6+/t14-,16-/m0/s1. The van der Waals surface area contributed by atoms with E-state index in [0.29, 0.717) is 13.2 Å². The first-order valence-electron chi connectivity index (χ1n) is 6.71. The maximum atomic E-state index is 9.13. The topological polar surface area (TPSA) is 38.7 Å². The molecular formula is C16H24O3. The number of hydrogen-bond acceptors (Lipinski definition) is 3. The van der Waals surface area contributed by atoms with Gasteiger partial charge in [0.25, 0.3) is 0 Å². The number of rotatable bonds is 9. The van der Waals surface area contributed by atoms with Gasteiger partial charge in [-0.25, -0.2) is 0 Å². The lowest BCUT2D eigenvalue weighted by molar-refractivity contribution is 0.0480. The zero-order chi connectivity index (χ0) is 13.9. The third-order valence-electron chi connectivity index (χ3n) is 2.84. The molecule has 0 amide bonds. The van der Waals surface area contributed by atoms with Crippen LogP contribution in [0.25, 0.3) is 0 Å². The molecule has 0 aromatic heterocycles. The van der Waals surface area contributed by atoms with Gasteiger partial charge >= 0.3 is 0 Å². The summed E-state index contributed by atoms with van der Waals surface area (Å²) < 4.78 is 11.0. The monoisotopic (exact) mass is 264 g/mol. The quantitative estimate of drug-likeness (QED) is 0.550. The Bertz CT molecular complexity index is 346. The van der Waals surface area contributed by atoms with E-state index >= 15 is 0 Å². The second-order valence-corrected chi connectivity index (χ2v) is 4.59. The third kappa shape index (κ3) is 7.78. The highest BCUT2D eigenvalue weighted by Crippen LogP contribution is 2.07. The van der Waals surface area contributed by atoms with Gasteiger partial charge in [0.2, 0.25) is 0 Å². The van der Waals surface area contributed by atoms with Crippen molar-refractivity contribution in [3.63, 3.8) is 0 Å². The van der Waals surface area contributed by atoms with E-state index in [-0.39, 0.29) is 6.10 Å². The van der Waals surface area contributed by atoms with Crippen LogP contribution >= 0.6 is 0 Å². The van der Waals surface area contributed by atoms with Crippen LogP contribution < -0.4 is 0 Å². The Morgan fingerprint density at radius 3 is 2.63 bits per heavy atom. The number of aliphatic hydroxyl groups excluding tert-OH is 1. The Balaban J connectivity index is 2.15. The summed E-state index contributed by atoms with van der Waals surface area (Å²) in [5.41, 5.74) is 1.19. The highest BCUT2D eigenvalue weighted by atomic mass is 16.5. The fraction of sp³-hybridized carbons (Fsp3) is 0.500. The zero-order valence-corrected chi connectivity index (χ0v) is 11.8. The van der Waals surface area contributed by atoms with E-state index in [2.05, 4.69) is 12.1 Å². The molecule has 0 unspecified atom stereocenters. The first-order chi connectivity index (χ1) is 9.22. The summed E-state index contributed by atoms with van der Waals surface area (Å²) >= 11 is 0. The van der Waals surface area contributed by atoms with Crippen molar-refractivity contribution < 1.29 is 14.6 Å². The first-order valence-corrected chi connectivity index (χ1v) is 6.71. The molecule has 0 heterocycles. The van der Waals surface area contributed by atoms with Gasteiger partial charge in [0.15, 0.2) is 0 Å². The summed E-state index contributed by atoms with van der Waals surface area (Å²) in [5, 5.41) is 9.13. The molecule has 0 aliphatic rings. The molecule has 2 atom stereocenters. The zero-order valence-electron chi connectivity index (χ0n) is 11.8. The molecule has 0 radical (unpaired) electrons. The molecule has 0 aliphatic carbocycles. The fourth-order valence-electron chi connectivity index (χ4n) is 1.74. The van der Waals surface area contributed by atoms with Crippen LogP contribution in [-0.4, -0.2) is 31.0 Å². The summed E-state index contributed by atoms with van der Waals surface area (Å²) in [7, 11) is 1.71. The maximum Gasteiger partial charge on any atom is 0.0716 e.